The molecule has 0 saturated heterocycles. The Morgan fingerprint density at radius 2 is 1.82 bits per heavy atom. The van der Waals surface area contributed by atoms with Crippen LogP contribution in [0.5, 0.6) is 0 Å². The first-order chi connectivity index (χ1) is 13.3. The Bertz CT molecular complexity index is 829. The summed E-state index contributed by atoms with van der Waals surface area (Å²) >= 11 is 5.83. The van der Waals surface area contributed by atoms with E-state index in [0.29, 0.717) is 36.0 Å². The smallest absolute Gasteiger partial charge is 0.305 e. The lowest BCUT2D eigenvalue weighted by molar-refractivity contribution is -0.384. The number of carbonyl (C=O) groups is 1. The number of halogens is 1. The third kappa shape index (κ3) is 5.66. The van der Waals surface area contributed by atoms with Crippen molar-refractivity contribution in [2.45, 2.75) is 0 Å². The van der Waals surface area contributed by atoms with Gasteiger partial charge >= 0.3 is 5.69 Å². The molecule has 0 aliphatic heterocycles. The molecule has 0 bridgehead atoms. The number of anilines is 2. The quantitative estimate of drug-likeness (QED) is 0.490. The molecule has 0 aliphatic rings. The lowest BCUT2D eigenvalue weighted by Crippen LogP contribution is -2.32. The van der Waals surface area contributed by atoms with Gasteiger partial charge in [0.2, 0.25) is 0 Å². The highest BCUT2D eigenvalue weighted by Crippen LogP contribution is 2.31. The average molecular weight is 407 g/mol. The molecule has 0 fully saturated rings. The maximum absolute atomic E-state index is 12.6. The van der Waals surface area contributed by atoms with Crippen LogP contribution in [0, 0.1) is 10.1 Å². The van der Waals surface area contributed by atoms with Gasteiger partial charge < -0.3 is 20.2 Å². The molecule has 0 spiro atoms. The number of hydrogen-bond acceptors (Lipinski definition) is 6. The number of rotatable bonds is 9. The van der Waals surface area contributed by atoms with Gasteiger partial charge in [-0.15, -0.1) is 0 Å². The molecule has 2 aromatic carbocycles. The van der Waals surface area contributed by atoms with Crippen LogP contribution in [0.3, 0.4) is 0 Å². The molecule has 0 radical (unpaired) electrons. The Balaban J connectivity index is 2.25. The first-order valence-electron chi connectivity index (χ1n) is 8.68. The summed E-state index contributed by atoms with van der Waals surface area (Å²) in [5, 5.41) is 23.9. The number of benzene rings is 2. The van der Waals surface area contributed by atoms with E-state index in [1.165, 1.54) is 6.07 Å². The number of nitro groups is 1. The zero-order chi connectivity index (χ0) is 20.7. The van der Waals surface area contributed by atoms with E-state index in [9.17, 15) is 14.9 Å². The van der Waals surface area contributed by atoms with Crippen molar-refractivity contribution in [3.8, 4) is 0 Å². The van der Waals surface area contributed by atoms with E-state index in [1.54, 1.807) is 48.3 Å². The molecule has 28 heavy (non-hydrogen) atoms. The molecule has 9 heteroatoms. The molecule has 150 valence electrons. The highest BCUT2D eigenvalue weighted by atomic mass is 35.5. The van der Waals surface area contributed by atoms with Crippen LogP contribution in [0.25, 0.3) is 0 Å². The highest BCUT2D eigenvalue weighted by molar-refractivity contribution is 6.30. The van der Waals surface area contributed by atoms with Crippen LogP contribution in [0.1, 0.15) is 10.4 Å². The van der Waals surface area contributed by atoms with E-state index in [0.717, 1.165) is 0 Å². The first-order valence-corrected chi connectivity index (χ1v) is 9.06. The molecule has 0 aromatic heterocycles. The number of nitrogens with one attached hydrogen (secondary N) is 1. The van der Waals surface area contributed by atoms with Crippen LogP contribution in [0.4, 0.5) is 17.1 Å². The van der Waals surface area contributed by atoms with Gasteiger partial charge in [0.05, 0.1) is 11.5 Å². The van der Waals surface area contributed by atoms with Crippen molar-refractivity contribution in [3.05, 3.63) is 63.2 Å². The Hall–Kier alpha value is -2.68. The van der Waals surface area contributed by atoms with Gasteiger partial charge in [0.15, 0.2) is 0 Å². The maximum atomic E-state index is 12.6. The van der Waals surface area contributed by atoms with E-state index in [2.05, 4.69) is 5.32 Å². The SMILES string of the molecule is CN(CCO)CCN(C)c1cccc(C(=O)Nc2ccc(Cl)cc2)c1[N+](=O)[O-]. The number of likely N-dealkylation sites (N-methyl/N-ethyl adjacent to an activating group) is 2. The lowest BCUT2D eigenvalue weighted by atomic mass is 10.1. The number of aliphatic hydroxyl groups is 1. The minimum Gasteiger partial charge on any atom is -0.395 e. The number of para-hydroxylation sites is 1. The Morgan fingerprint density at radius 1 is 1.14 bits per heavy atom. The Morgan fingerprint density at radius 3 is 2.43 bits per heavy atom. The van der Waals surface area contributed by atoms with Crippen LogP contribution < -0.4 is 10.2 Å². The Kier molecular flexibility index (Phi) is 7.74. The van der Waals surface area contributed by atoms with Gasteiger partial charge in [0.25, 0.3) is 5.91 Å². The maximum Gasteiger partial charge on any atom is 0.305 e. The number of hydrogen-bond donors (Lipinski definition) is 2. The van der Waals surface area contributed by atoms with Crippen molar-refractivity contribution in [1.29, 1.82) is 0 Å². The zero-order valence-corrected chi connectivity index (χ0v) is 16.5. The summed E-state index contributed by atoms with van der Waals surface area (Å²) in [5.41, 5.74) is 0.577. The van der Waals surface area contributed by atoms with Crippen LogP contribution in [0.15, 0.2) is 42.5 Å². The van der Waals surface area contributed by atoms with Crippen molar-refractivity contribution in [2.75, 3.05) is 50.6 Å². The van der Waals surface area contributed by atoms with Crippen molar-refractivity contribution in [3.63, 3.8) is 0 Å². The van der Waals surface area contributed by atoms with E-state index in [1.807, 2.05) is 11.9 Å². The van der Waals surface area contributed by atoms with Gasteiger partial charge in [-0.1, -0.05) is 17.7 Å². The van der Waals surface area contributed by atoms with Gasteiger partial charge in [-0.2, -0.15) is 0 Å². The topological polar surface area (TPSA) is 99.0 Å². The number of aliphatic hydroxyl groups excluding tert-OH is 1. The van der Waals surface area contributed by atoms with Crippen LogP contribution in [0.2, 0.25) is 5.02 Å². The molecule has 0 saturated carbocycles. The van der Waals surface area contributed by atoms with Crippen LogP contribution in [-0.2, 0) is 0 Å². The fourth-order valence-corrected chi connectivity index (χ4v) is 2.80. The monoisotopic (exact) mass is 406 g/mol. The first kappa shape index (κ1) is 21.6. The van der Waals surface area contributed by atoms with E-state index < -0.39 is 10.8 Å². The second-order valence-electron chi connectivity index (χ2n) is 6.34. The molecule has 2 aromatic rings. The summed E-state index contributed by atoms with van der Waals surface area (Å²) in [6, 6.07) is 11.2. The van der Waals surface area contributed by atoms with Gasteiger partial charge in [-0.3, -0.25) is 14.9 Å². The molecular formula is C19H23ClN4O4. The highest BCUT2D eigenvalue weighted by Gasteiger charge is 2.26. The van der Waals surface area contributed by atoms with Crippen LogP contribution >= 0.6 is 11.6 Å². The third-order valence-corrected chi connectivity index (χ3v) is 4.51. The second-order valence-corrected chi connectivity index (χ2v) is 6.78. The minimum atomic E-state index is -0.568. The average Bonchev–Trinajstić information content (AvgIpc) is 2.67. The molecule has 0 unspecified atom stereocenters. The second kappa shape index (κ2) is 10.0. The number of carbonyl (C=O) groups excluding carboxylic acids is 1. The molecule has 2 N–H and O–H groups in total. The van der Waals surface area contributed by atoms with E-state index in [4.69, 9.17) is 16.7 Å². The molecule has 1 amide bonds. The Labute approximate surface area is 168 Å². The number of amides is 1. The van der Waals surface area contributed by atoms with E-state index in [-0.39, 0.29) is 17.9 Å². The summed E-state index contributed by atoms with van der Waals surface area (Å²) in [6.45, 7) is 1.66. The molecular weight excluding hydrogens is 384 g/mol. The van der Waals surface area contributed by atoms with Crippen molar-refractivity contribution >= 4 is 34.6 Å². The van der Waals surface area contributed by atoms with Crippen molar-refractivity contribution in [2.24, 2.45) is 0 Å². The molecule has 0 aliphatic carbocycles. The number of nitrogens with zero attached hydrogens (tertiary/aromatic N) is 3. The standard InChI is InChI=1S/C19H23ClN4O4/c1-22(12-13-25)10-11-23(2)17-5-3-4-16(18(17)24(27)28)19(26)21-15-8-6-14(20)7-9-15/h3-9,25H,10-13H2,1-2H3,(H,21,26). The van der Waals surface area contributed by atoms with E-state index >= 15 is 0 Å². The van der Waals surface area contributed by atoms with Crippen molar-refractivity contribution < 1.29 is 14.8 Å². The van der Waals surface area contributed by atoms with Gasteiger partial charge in [0, 0.05) is 37.4 Å². The third-order valence-electron chi connectivity index (χ3n) is 4.25. The van der Waals surface area contributed by atoms with Gasteiger partial charge in [-0.25, -0.2) is 0 Å². The zero-order valence-electron chi connectivity index (χ0n) is 15.8. The summed E-state index contributed by atoms with van der Waals surface area (Å²) in [7, 11) is 3.59. The number of nitro benzene ring substituents is 1. The fourth-order valence-electron chi connectivity index (χ4n) is 2.67. The van der Waals surface area contributed by atoms with Crippen LogP contribution in [-0.4, -0.2) is 61.2 Å². The fraction of sp³-hybridized carbons (Fsp3) is 0.316. The predicted octanol–water partition coefficient (Wildman–Crippen LogP) is 2.86. The summed E-state index contributed by atoms with van der Waals surface area (Å²) in [6.07, 6.45) is 0. The summed E-state index contributed by atoms with van der Waals surface area (Å²) in [4.78, 5) is 27.5. The summed E-state index contributed by atoms with van der Waals surface area (Å²) in [5.74, 6) is -0.568. The van der Waals surface area contributed by atoms with Crippen molar-refractivity contribution in [1.82, 2.24) is 4.90 Å². The lowest BCUT2D eigenvalue weighted by Gasteiger charge is -2.23. The normalized spacial score (nSPS) is 10.8. The van der Waals surface area contributed by atoms with Gasteiger partial charge in [0.1, 0.15) is 11.3 Å². The minimum absolute atomic E-state index is 0.0204. The predicted molar refractivity (Wildman–Crippen MR) is 110 cm³/mol. The molecule has 0 atom stereocenters. The van der Waals surface area contributed by atoms with Gasteiger partial charge in [-0.05, 0) is 43.4 Å². The largest absolute Gasteiger partial charge is 0.395 e. The molecule has 8 nitrogen and oxygen atoms in total. The molecule has 2 rings (SSSR count). The molecule has 0 heterocycles. The summed E-state index contributed by atoms with van der Waals surface area (Å²) < 4.78 is 0.